The molecule has 2 heterocycles. The Balaban J connectivity index is 0.000000383. The van der Waals surface area contributed by atoms with Gasteiger partial charge in [0.05, 0.1) is 12.1 Å². The number of ether oxygens (including phenoxy) is 1. The van der Waals surface area contributed by atoms with Crippen molar-refractivity contribution in [2.45, 2.75) is 50.0 Å². The van der Waals surface area contributed by atoms with Gasteiger partial charge in [-0.2, -0.15) is 18.4 Å². The normalized spacial score (nSPS) is 22.4. The van der Waals surface area contributed by atoms with Gasteiger partial charge in [0.15, 0.2) is 0 Å². The first-order valence-electron chi connectivity index (χ1n) is 10.6. The van der Waals surface area contributed by atoms with Gasteiger partial charge in [0.1, 0.15) is 18.4 Å². The molecule has 0 aromatic heterocycles. The van der Waals surface area contributed by atoms with Gasteiger partial charge in [-0.15, -0.1) is 0 Å². The van der Waals surface area contributed by atoms with Crippen molar-refractivity contribution in [2.24, 2.45) is 0 Å². The Labute approximate surface area is 188 Å². The molecule has 0 bridgehead atoms. The number of fused-ring (bicyclic) bond motifs is 1. The Hall–Kier alpha value is -3.32. The molecule has 2 saturated heterocycles. The fourth-order valence-corrected chi connectivity index (χ4v) is 4.02. The molecule has 2 aromatic rings. The first-order chi connectivity index (χ1) is 15.7. The molecule has 0 unspecified atom stereocenters. The summed E-state index contributed by atoms with van der Waals surface area (Å²) in [5, 5.41) is 22.0. The molecule has 4 rings (SSSR count). The fraction of sp³-hybridized carbons (Fsp3) is 0.435. The maximum atomic E-state index is 12.7. The molecule has 0 spiro atoms. The summed E-state index contributed by atoms with van der Waals surface area (Å²) in [6.07, 6.45) is -1.66. The lowest BCUT2D eigenvalue weighted by Gasteiger charge is -2.24. The van der Waals surface area contributed by atoms with Gasteiger partial charge in [0.25, 0.3) is 0 Å². The Kier molecular flexibility index (Phi) is 7.76. The molecule has 1 amide bonds. The second-order valence-corrected chi connectivity index (χ2v) is 7.90. The average Bonchev–Trinajstić information content (AvgIpc) is 3.46. The number of likely N-dealkylation sites (tertiary alicyclic amines) is 1. The number of hydrogen-bond donors (Lipinski definition) is 2. The number of nitrogens with one attached hydrogen (secondary N) is 1. The minimum absolute atomic E-state index is 0.0710. The van der Waals surface area contributed by atoms with Crippen molar-refractivity contribution in [1.82, 2.24) is 10.2 Å². The predicted octanol–water partition coefficient (Wildman–Crippen LogP) is 3.49. The van der Waals surface area contributed by atoms with Gasteiger partial charge in [0, 0.05) is 18.0 Å². The SMILES string of the molecule is N#C[C@@H]1CCCN1C(=O)[C@@H]1CC[C@H](COc2cccc3ccccc23)N1.O=C(O)C(F)(F)F. The van der Waals surface area contributed by atoms with E-state index in [1.54, 1.807) is 4.90 Å². The highest BCUT2D eigenvalue weighted by molar-refractivity contribution is 5.88. The van der Waals surface area contributed by atoms with Crippen molar-refractivity contribution in [3.63, 3.8) is 0 Å². The molecule has 7 nitrogen and oxygen atoms in total. The average molecular weight is 463 g/mol. The zero-order valence-corrected chi connectivity index (χ0v) is 17.7. The number of carbonyl (C=O) groups is 2. The largest absolute Gasteiger partial charge is 0.491 e. The van der Waals surface area contributed by atoms with Crippen LogP contribution in [0.2, 0.25) is 0 Å². The lowest BCUT2D eigenvalue weighted by atomic mass is 10.1. The number of nitrogens with zero attached hydrogens (tertiary/aromatic N) is 2. The van der Waals surface area contributed by atoms with Crippen LogP contribution in [0.5, 0.6) is 5.75 Å². The zero-order chi connectivity index (χ0) is 24.0. The summed E-state index contributed by atoms with van der Waals surface area (Å²) in [4.78, 5) is 23.3. The van der Waals surface area contributed by atoms with E-state index >= 15 is 0 Å². The molecular formula is C23H24F3N3O4. The number of nitriles is 1. The number of carbonyl (C=O) groups excluding carboxylic acids is 1. The van der Waals surface area contributed by atoms with E-state index in [1.807, 2.05) is 24.3 Å². The van der Waals surface area contributed by atoms with E-state index in [-0.39, 0.29) is 24.0 Å². The van der Waals surface area contributed by atoms with E-state index in [9.17, 15) is 23.2 Å². The van der Waals surface area contributed by atoms with Crippen LogP contribution in [0.15, 0.2) is 42.5 Å². The highest BCUT2D eigenvalue weighted by Gasteiger charge is 2.38. The summed E-state index contributed by atoms with van der Waals surface area (Å²) in [6.45, 7) is 1.24. The lowest BCUT2D eigenvalue weighted by molar-refractivity contribution is -0.192. The Morgan fingerprint density at radius 1 is 1.15 bits per heavy atom. The van der Waals surface area contributed by atoms with Gasteiger partial charge in [-0.3, -0.25) is 10.1 Å². The molecule has 33 heavy (non-hydrogen) atoms. The van der Waals surface area contributed by atoms with Crippen LogP contribution >= 0.6 is 0 Å². The molecule has 2 N–H and O–H groups in total. The molecule has 3 atom stereocenters. The van der Waals surface area contributed by atoms with Crippen LogP contribution in [0.25, 0.3) is 10.8 Å². The van der Waals surface area contributed by atoms with E-state index < -0.39 is 12.1 Å². The number of benzene rings is 2. The standard InChI is InChI=1S/C21H23N3O2.C2HF3O2/c22-13-17-7-4-12-24(17)21(25)19-11-10-16(23-19)14-26-20-9-3-6-15-5-1-2-8-18(15)20;3-2(4,5)1(6)7/h1-3,5-6,8-9,16-17,19,23H,4,7,10-12,14H2;(H,6,7)/t16-,17+,19+;/m1./s1. The van der Waals surface area contributed by atoms with Gasteiger partial charge < -0.3 is 14.7 Å². The summed E-state index contributed by atoms with van der Waals surface area (Å²) in [7, 11) is 0. The first-order valence-corrected chi connectivity index (χ1v) is 10.6. The molecule has 2 aromatic carbocycles. The van der Waals surface area contributed by atoms with Gasteiger partial charge in [0.2, 0.25) is 5.91 Å². The maximum Gasteiger partial charge on any atom is 0.490 e. The van der Waals surface area contributed by atoms with Crippen molar-refractivity contribution in [3.8, 4) is 11.8 Å². The third-order valence-corrected chi connectivity index (χ3v) is 5.66. The highest BCUT2D eigenvalue weighted by Crippen LogP contribution is 2.26. The monoisotopic (exact) mass is 463 g/mol. The first kappa shape index (κ1) is 24.3. The van der Waals surface area contributed by atoms with Gasteiger partial charge in [-0.1, -0.05) is 36.4 Å². The van der Waals surface area contributed by atoms with E-state index in [2.05, 4.69) is 29.6 Å². The quantitative estimate of drug-likeness (QED) is 0.720. The number of carboxylic acids is 1. The van der Waals surface area contributed by atoms with E-state index in [1.165, 1.54) is 0 Å². The molecule has 2 aliphatic heterocycles. The second kappa shape index (κ2) is 10.5. The maximum absolute atomic E-state index is 12.7. The Morgan fingerprint density at radius 2 is 1.85 bits per heavy atom. The van der Waals surface area contributed by atoms with Crippen molar-refractivity contribution in [1.29, 1.82) is 5.26 Å². The highest BCUT2D eigenvalue weighted by atomic mass is 19.4. The number of alkyl halides is 3. The third-order valence-electron chi connectivity index (χ3n) is 5.66. The van der Waals surface area contributed by atoms with Crippen molar-refractivity contribution >= 4 is 22.6 Å². The molecule has 176 valence electrons. The van der Waals surface area contributed by atoms with E-state index in [0.717, 1.165) is 42.2 Å². The summed E-state index contributed by atoms with van der Waals surface area (Å²) < 4.78 is 37.8. The number of aliphatic carboxylic acids is 1. The van der Waals surface area contributed by atoms with Crippen LogP contribution in [0.1, 0.15) is 25.7 Å². The lowest BCUT2D eigenvalue weighted by Crippen LogP contribution is -2.47. The minimum Gasteiger partial charge on any atom is -0.491 e. The van der Waals surface area contributed by atoms with Gasteiger partial charge >= 0.3 is 12.1 Å². The molecule has 10 heteroatoms. The number of amides is 1. The predicted molar refractivity (Wildman–Crippen MR) is 113 cm³/mol. The third kappa shape index (κ3) is 6.14. The van der Waals surface area contributed by atoms with Crippen LogP contribution in [-0.4, -0.2) is 59.3 Å². The summed E-state index contributed by atoms with van der Waals surface area (Å²) in [6, 6.07) is 16.2. The molecule has 0 saturated carbocycles. The van der Waals surface area contributed by atoms with Crippen molar-refractivity contribution in [3.05, 3.63) is 42.5 Å². The van der Waals surface area contributed by atoms with E-state index in [0.29, 0.717) is 13.2 Å². The Bertz CT molecular complexity index is 1030. The minimum atomic E-state index is -5.08. The van der Waals surface area contributed by atoms with Gasteiger partial charge in [-0.25, -0.2) is 4.79 Å². The van der Waals surface area contributed by atoms with Crippen LogP contribution in [-0.2, 0) is 9.59 Å². The molecular weight excluding hydrogens is 439 g/mol. The molecule has 0 aliphatic carbocycles. The molecule has 2 fully saturated rings. The number of carboxylic acid groups (broad SMARTS) is 1. The van der Waals surface area contributed by atoms with Crippen LogP contribution in [0.4, 0.5) is 13.2 Å². The zero-order valence-electron chi connectivity index (χ0n) is 17.7. The number of rotatable bonds is 4. The summed E-state index contributed by atoms with van der Waals surface area (Å²) in [5.41, 5.74) is 0. The number of halogens is 3. The molecule has 2 aliphatic rings. The molecule has 0 radical (unpaired) electrons. The number of hydrogen-bond acceptors (Lipinski definition) is 5. The van der Waals surface area contributed by atoms with Crippen LogP contribution in [0.3, 0.4) is 0 Å². The smallest absolute Gasteiger partial charge is 0.490 e. The van der Waals surface area contributed by atoms with Gasteiger partial charge in [-0.05, 0) is 37.1 Å². The van der Waals surface area contributed by atoms with Crippen molar-refractivity contribution in [2.75, 3.05) is 13.2 Å². The summed E-state index contributed by atoms with van der Waals surface area (Å²) in [5.74, 6) is -1.81. The van der Waals surface area contributed by atoms with E-state index in [4.69, 9.17) is 14.6 Å². The summed E-state index contributed by atoms with van der Waals surface area (Å²) >= 11 is 0. The van der Waals surface area contributed by atoms with Crippen LogP contribution < -0.4 is 10.1 Å². The van der Waals surface area contributed by atoms with Crippen molar-refractivity contribution < 1.29 is 32.6 Å². The fourth-order valence-electron chi connectivity index (χ4n) is 4.02. The topological polar surface area (TPSA) is 103 Å². The Morgan fingerprint density at radius 3 is 2.55 bits per heavy atom. The second-order valence-electron chi connectivity index (χ2n) is 7.90. The van der Waals surface area contributed by atoms with Crippen LogP contribution in [0, 0.1) is 11.3 Å².